The van der Waals surface area contributed by atoms with Gasteiger partial charge >= 0.3 is 0 Å². The fourth-order valence-corrected chi connectivity index (χ4v) is 2.91. The number of hydrogen-bond acceptors (Lipinski definition) is 2. The summed E-state index contributed by atoms with van der Waals surface area (Å²) in [5, 5.41) is 6.32. The number of halogens is 1. The van der Waals surface area contributed by atoms with E-state index in [0.29, 0.717) is 0 Å². The summed E-state index contributed by atoms with van der Waals surface area (Å²) in [5.41, 5.74) is 4.45. The highest BCUT2D eigenvalue weighted by atomic mass is 19.1. The van der Waals surface area contributed by atoms with Crippen molar-refractivity contribution in [3.8, 4) is 5.69 Å². The topological polar surface area (TPSA) is 46.4 Å². The summed E-state index contributed by atoms with van der Waals surface area (Å²) in [6, 6.07) is 23.6. The van der Waals surface area contributed by atoms with Crippen LogP contribution >= 0.6 is 0 Å². The van der Waals surface area contributed by atoms with Crippen molar-refractivity contribution in [2.75, 3.05) is 0 Å². The number of hydrazone groups is 1. The van der Waals surface area contributed by atoms with Crippen LogP contribution in [0, 0.1) is 5.82 Å². The Kier molecular flexibility index (Phi) is 4.49. The molecular weight excluding hydrogens is 341 g/mol. The van der Waals surface area contributed by atoms with Gasteiger partial charge < -0.3 is 4.57 Å². The van der Waals surface area contributed by atoms with Gasteiger partial charge in [0.25, 0.3) is 5.91 Å². The maximum absolute atomic E-state index is 13.2. The normalized spacial score (nSPS) is 11.1. The van der Waals surface area contributed by atoms with Gasteiger partial charge in [0.1, 0.15) is 5.82 Å². The number of carbonyl (C=O) groups excluding carboxylic acids is 1. The predicted octanol–water partition coefficient (Wildman–Crippen LogP) is 4.53. The molecule has 0 aliphatic carbocycles. The molecule has 5 heteroatoms. The zero-order valence-corrected chi connectivity index (χ0v) is 14.3. The molecule has 3 aromatic carbocycles. The number of nitrogens with zero attached hydrogens (tertiary/aromatic N) is 2. The van der Waals surface area contributed by atoms with E-state index < -0.39 is 11.7 Å². The Labute approximate surface area is 155 Å². The monoisotopic (exact) mass is 357 g/mol. The van der Waals surface area contributed by atoms with Crippen LogP contribution < -0.4 is 5.43 Å². The number of benzene rings is 3. The Morgan fingerprint density at radius 3 is 2.63 bits per heavy atom. The van der Waals surface area contributed by atoms with Gasteiger partial charge in [-0.1, -0.05) is 36.4 Å². The molecule has 1 N–H and O–H groups in total. The highest BCUT2D eigenvalue weighted by Crippen LogP contribution is 2.19. The molecule has 0 radical (unpaired) electrons. The Hall–Kier alpha value is -3.73. The molecule has 27 heavy (non-hydrogen) atoms. The van der Waals surface area contributed by atoms with Gasteiger partial charge in [0.05, 0.1) is 11.9 Å². The Balaban J connectivity index is 1.54. The molecule has 4 rings (SSSR count). The lowest BCUT2D eigenvalue weighted by molar-refractivity contribution is 0.0954. The van der Waals surface area contributed by atoms with Crippen LogP contribution in [0.1, 0.15) is 16.1 Å². The molecule has 1 aromatic heterocycles. The van der Waals surface area contributed by atoms with Crippen molar-refractivity contribution in [1.82, 2.24) is 9.99 Å². The van der Waals surface area contributed by atoms with Crippen molar-refractivity contribution in [1.29, 1.82) is 0 Å². The van der Waals surface area contributed by atoms with E-state index in [9.17, 15) is 9.18 Å². The second-order valence-electron chi connectivity index (χ2n) is 6.04. The van der Waals surface area contributed by atoms with Crippen molar-refractivity contribution < 1.29 is 9.18 Å². The van der Waals surface area contributed by atoms with Crippen molar-refractivity contribution in [3.05, 3.63) is 102 Å². The van der Waals surface area contributed by atoms with Crippen molar-refractivity contribution in [3.63, 3.8) is 0 Å². The van der Waals surface area contributed by atoms with Crippen LogP contribution in [0.3, 0.4) is 0 Å². The third-order valence-corrected chi connectivity index (χ3v) is 4.24. The average molecular weight is 357 g/mol. The molecule has 0 atom stereocenters. The van der Waals surface area contributed by atoms with Crippen molar-refractivity contribution in [2.45, 2.75) is 0 Å². The number of carbonyl (C=O) groups is 1. The summed E-state index contributed by atoms with van der Waals surface area (Å²) in [7, 11) is 0. The second-order valence-corrected chi connectivity index (χ2v) is 6.04. The fraction of sp³-hybridized carbons (Fsp3) is 0. The predicted molar refractivity (Wildman–Crippen MR) is 105 cm³/mol. The van der Waals surface area contributed by atoms with Crippen LogP contribution in [-0.4, -0.2) is 16.7 Å². The van der Waals surface area contributed by atoms with E-state index in [4.69, 9.17) is 0 Å². The first kappa shape index (κ1) is 16.7. The van der Waals surface area contributed by atoms with Gasteiger partial charge in [-0.15, -0.1) is 0 Å². The molecule has 0 aliphatic heterocycles. The number of hydrogen-bond donors (Lipinski definition) is 1. The van der Waals surface area contributed by atoms with Crippen LogP contribution in [0.4, 0.5) is 4.39 Å². The van der Waals surface area contributed by atoms with Crippen molar-refractivity contribution in [2.24, 2.45) is 5.10 Å². The van der Waals surface area contributed by atoms with Crippen molar-refractivity contribution >= 4 is 22.9 Å². The van der Waals surface area contributed by atoms with Crippen LogP contribution in [0.15, 0.2) is 90.2 Å². The standard InChI is InChI=1S/C22H16FN3O/c23-19-8-3-7-18(13-19)22(27)25-24-15-21-9-4-12-26(21)20-11-10-16-5-1-2-6-17(16)14-20/h1-15H,(H,25,27)/b24-15+. The first-order valence-corrected chi connectivity index (χ1v) is 8.46. The highest BCUT2D eigenvalue weighted by Gasteiger charge is 2.06. The van der Waals surface area contributed by atoms with Gasteiger partial charge in [-0.2, -0.15) is 5.10 Å². The van der Waals surface area contributed by atoms with E-state index >= 15 is 0 Å². The van der Waals surface area contributed by atoms with Crippen LogP contribution in [0.2, 0.25) is 0 Å². The smallest absolute Gasteiger partial charge is 0.271 e. The van der Waals surface area contributed by atoms with E-state index in [0.717, 1.165) is 16.8 Å². The number of rotatable bonds is 4. The van der Waals surface area contributed by atoms with E-state index in [1.807, 2.05) is 41.1 Å². The summed E-state index contributed by atoms with van der Waals surface area (Å²) in [6.45, 7) is 0. The summed E-state index contributed by atoms with van der Waals surface area (Å²) < 4.78 is 15.2. The summed E-state index contributed by atoms with van der Waals surface area (Å²) in [5.74, 6) is -0.925. The van der Waals surface area contributed by atoms with Crippen LogP contribution in [0.5, 0.6) is 0 Å². The van der Waals surface area contributed by atoms with Gasteiger partial charge in [0, 0.05) is 17.4 Å². The molecule has 0 aliphatic rings. The Morgan fingerprint density at radius 2 is 1.78 bits per heavy atom. The number of aromatic nitrogens is 1. The first-order valence-electron chi connectivity index (χ1n) is 8.46. The number of amides is 1. The average Bonchev–Trinajstić information content (AvgIpc) is 3.16. The fourth-order valence-electron chi connectivity index (χ4n) is 2.91. The molecule has 1 amide bonds. The second kappa shape index (κ2) is 7.25. The summed E-state index contributed by atoms with van der Waals surface area (Å²) in [6.07, 6.45) is 3.49. The SMILES string of the molecule is O=C(N/N=C/c1cccn1-c1ccc2ccccc2c1)c1cccc(F)c1. The molecule has 0 fully saturated rings. The Bertz CT molecular complexity index is 1150. The summed E-state index contributed by atoms with van der Waals surface area (Å²) >= 11 is 0. The zero-order chi connectivity index (χ0) is 18.6. The van der Waals surface area contributed by atoms with Crippen LogP contribution in [-0.2, 0) is 0 Å². The molecular formula is C22H16FN3O. The molecule has 1 heterocycles. The maximum Gasteiger partial charge on any atom is 0.271 e. The highest BCUT2D eigenvalue weighted by molar-refractivity contribution is 5.94. The molecule has 4 nitrogen and oxygen atoms in total. The molecule has 0 bridgehead atoms. The van der Waals surface area contributed by atoms with Gasteiger partial charge in [-0.05, 0) is 53.2 Å². The quantitative estimate of drug-likeness (QED) is 0.423. The minimum absolute atomic E-state index is 0.220. The third kappa shape index (κ3) is 3.62. The minimum atomic E-state index is -0.463. The number of fused-ring (bicyclic) bond motifs is 1. The van der Waals surface area contributed by atoms with Crippen LogP contribution in [0.25, 0.3) is 16.5 Å². The molecule has 0 saturated heterocycles. The molecule has 0 spiro atoms. The van der Waals surface area contributed by atoms with Gasteiger partial charge in [0.2, 0.25) is 0 Å². The number of nitrogens with one attached hydrogen (secondary N) is 1. The maximum atomic E-state index is 13.2. The van der Waals surface area contributed by atoms with Gasteiger partial charge in [0.15, 0.2) is 0 Å². The minimum Gasteiger partial charge on any atom is -0.316 e. The van der Waals surface area contributed by atoms with E-state index in [-0.39, 0.29) is 5.56 Å². The largest absolute Gasteiger partial charge is 0.316 e. The third-order valence-electron chi connectivity index (χ3n) is 4.24. The molecule has 4 aromatic rings. The van der Waals surface area contributed by atoms with E-state index in [1.54, 1.807) is 6.21 Å². The molecule has 132 valence electrons. The molecule has 0 saturated carbocycles. The summed E-state index contributed by atoms with van der Waals surface area (Å²) in [4.78, 5) is 12.0. The van der Waals surface area contributed by atoms with E-state index in [1.165, 1.54) is 29.7 Å². The van der Waals surface area contributed by atoms with Gasteiger partial charge in [-0.3, -0.25) is 4.79 Å². The molecule has 0 unspecified atom stereocenters. The van der Waals surface area contributed by atoms with E-state index in [2.05, 4.69) is 34.8 Å². The Morgan fingerprint density at radius 1 is 0.926 bits per heavy atom. The van der Waals surface area contributed by atoms with Gasteiger partial charge in [-0.25, -0.2) is 9.82 Å². The first-order chi connectivity index (χ1) is 13.2. The lowest BCUT2D eigenvalue weighted by Gasteiger charge is -2.08. The lowest BCUT2D eigenvalue weighted by Crippen LogP contribution is -2.18. The zero-order valence-electron chi connectivity index (χ0n) is 14.3. The lowest BCUT2D eigenvalue weighted by atomic mass is 10.1.